The maximum Gasteiger partial charge on any atom is 0.254 e. The van der Waals surface area contributed by atoms with E-state index in [4.69, 9.17) is 0 Å². The molecule has 4 nitrogen and oxygen atoms in total. The first-order valence-corrected chi connectivity index (χ1v) is 5.21. The minimum Gasteiger partial charge on any atom is -0.333 e. The first-order chi connectivity index (χ1) is 7.29. The molecular formula is C11H17Cl2N3O. The summed E-state index contributed by atoms with van der Waals surface area (Å²) in [7, 11) is 0. The van der Waals surface area contributed by atoms with Gasteiger partial charge in [-0.2, -0.15) is 0 Å². The molecule has 1 N–H and O–H groups in total. The first kappa shape index (κ1) is 16.2. The molecule has 1 aromatic heterocycles. The molecule has 0 aliphatic carbocycles. The molecule has 1 aromatic rings. The highest BCUT2D eigenvalue weighted by Crippen LogP contribution is 2.09. The lowest BCUT2D eigenvalue weighted by molar-refractivity contribution is 0.0655. The normalized spacial score (nSPS) is 18.9. The monoisotopic (exact) mass is 277 g/mol. The number of hydrogen-bond donors (Lipinski definition) is 1. The Morgan fingerprint density at radius 1 is 1.41 bits per heavy atom. The fraction of sp³-hybridized carbons (Fsp3) is 0.455. The van der Waals surface area contributed by atoms with Gasteiger partial charge >= 0.3 is 0 Å². The van der Waals surface area contributed by atoms with Crippen molar-refractivity contribution in [3.05, 3.63) is 30.1 Å². The number of amides is 1. The number of carbonyl (C=O) groups is 1. The van der Waals surface area contributed by atoms with Crippen molar-refractivity contribution in [3.63, 3.8) is 0 Å². The largest absolute Gasteiger partial charge is 0.333 e. The second-order valence-corrected chi connectivity index (χ2v) is 3.79. The van der Waals surface area contributed by atoms with Gasteiger partial charge in [-0.25, -0.2) is 0 Å². The molecule has 0 bridgehead atoms. The predicted molar refractivity (Wildman–Crippen MR) is 72.1 cm³/mol. The number of nitrogens with one attached hydrogen (secondary N) is 1. The van der Waals surface area contributed by atoms with Gasteiger partial charge in [0.15, 0.2) is 0 Å². The molecule has 1 saturated heterocycles. The average molecular weight is 278 g/mol. The molecule has 2 rings (SSSR count). The summed E-state index contributed by atoms with van der Waals surface area (Å²) in [5.74, 6) is 0.103. The average Bonchev–Trinajstić information content (AvgIpc) is 2.30. The predicted octanol–water partition coefficient (Wildman–Crippen LogP) is 1.36. The van der Waals surface area contributed by atoms with Crippen molar-refractivity contribution in [2.24, 2.45) is 0 Å². The molecule has 6 heteroatoms. The topological polar surface area (TPSA) is 45.2 Å². The van der Waals surface area contributed by atoms with Gasteiger partial charge in [0.05, 0.1) is 0 Å². The summed E-state index contributed by atoms with van der Waals surface area (Å²) in [5.41, 5.74) is 0.721. The van der Waals surface area contributed by atoms with E-state index in [-0.39, 0.29) is 36.8 Å². The molecule has 1 amide bonds. The maximum absolute atomic E-state index is 12.1. The van der Waals surface area contributed by atoms with Gasteiger partial charge in [-0.1, -0.05) is 0 Å². The summed E-state index contributed by atoms with van der Waals surface area (Å²) in [4.78, 5) is 17.9. The van der Waals surface area contributed by atoms with Crippen LogP contribution in [0.3, 0.4) is 0 Å². The van der Waals surface area contributed by atoms with E-state index >= 15 is 0 Å². The molecule has 0 spiro atoms. The third kappa shape index (κ3) is 3.84. The molecule has 1 aliphatic rings. The van der Waals surface area contributed by atoms with E-state index < -0.39 is 0 Å². The quantitative estimate of drug-likeness (QED) is 0.843. The fourth-order valence-electron chi connectivity index (χ4n) is 1.80. The summed E-state index contributed by atoms with van der Waals surface area (Å²) in [6.45, 7) is 4.59. The van der Waals surface area contributed by atoms with Gasteiger partial charge in [-0.3, -0.25) is 9.78 Å². The second kappa shape index (κ2) is 7.48. The van der Waals surface area contributed by atoms with E-state index in [9.17, 15) is 4.79 Å². The summed E-state index contributed by atoms with van der Waals surface area (Å²) >= 11 is 0. The molecule has 1 aliphatic heterocycles. The number of aromatic nitrogens is 1. The minimum atomic E-state index is 0. The van der Waals surface area contributed by atoms with E-state index in [2.05, 4.69) is 17.2 Å². The SMILES string of the molecule is C[C@H]1CNCCN1C(=O)c1ccncc1.Cl.Cl. The van der Waals surface area contributed by atoms with E-state index in [0.29, 0.717) is 0 Å². The van der Waals surface area contributed by atoms with Crippen molar-refractivity contribution in [2.75, 3.05) is 19.6 Å². The Labute approximate surface area is 114 Å². The van der Waals surface area contributed by atoms with Crippen LogP contribution in [-0.4, -0.2) is 41.5 Å². The van der Waals surface area contributed by atoms with Crippen LogP contribution in [0.1, 0.15) is 17.3 Å². The highest BCUT2D eigenvalue weighted by Gasteiger charge is 2.23. The second-order valence-electron chi connectivity index (χ2n) is 3.79. The highest BCUT2D eigenvalue weighted by atomic mass is 35.5. The van der Waals surface area contributed by atoms with Gasteiger partial charge in [0.2, 0.25) is 0 Å². The van der Waals surface area contributed by atoms with Crippen LogP contribution in [-0.2, 0) is 0 Å². The van der Waals surface area contributed by atoms with Crippen LogP contribution < -0.4 is 5.32 Å². The standard InChI is InChI=1S/C11H15N3O.2ClH/c1-9-8-13-6-7-14(9)11(15)10-2-4-12-5-3-10;;/h2-5,9,13H,6-8H2,1H3;2*1H/t9-;;/m0../s1. The number of nitrogens with zero attached hydrogens (tertiary/aromatic N) is 2. The summed E-state index contributed by atoms with van der Waals surface area (Å²) < 4.78 is 0. The molecular weight excluding hydrogens is 261 g/mol. The molecule has 1 atom stereocenters. The van der Waals surface area contributed by atoms with Gasteiger partial charge in [-0.15, -0.1) is 24.8 Å². The van der Waals surface area contributed by atoms with E-state index in [0.717, 1.165) is 25.2 Å². The lowest BCUT2D eigenvalue weighted by Gasteiger charge is -2.34. The number of pyridine rings is 1. The molecule has 2 heterocycles. The Hall–Kier alpha value is -0.840. The van der Waals surface area contributed by atoms with Crippen molar-refractivity contribution in [3.8, 4) is 0 Å². The smallest absolute Gasteiger partial charge is 0.254 e. The summed E-state index contributed by atoms with van der Waals surface area (Å²) in [6.07, 6.45) is 3.31. The lowest BCUT2D eigenvalue weighted by atomic mass is 10.1. The number of rotatable bonds is 1. The van der Waals surface area contributed by atoms with Crippen molar-refractivity contribution < 1.29 is 4.79 Å². The zero-order chi connectivity index (χ0) is 10.7. The summed E-state index contributed by atoms with van der Waals surface area (Å²) in [6, 6.07) is 3.79. The third-order valence-electron chi connectivity index (χ3n) is 2.69. The third-order valence-corrected chi connectivity index (χ3v) is 2.69. The fourth-order valence-corrected chi connectivity index (χ4v) is 1.80. The van der Waals surface area contributed by atoms with E-state index in [1.165, 1.54) is 0 Å². The molecule has 0 saturated carbocycles. The Bertz CT molecular complexity index is 348. The highest BCUT2D eigenvalue weighted by molar-refractivity contribution is 5.94. The zero-order valence-electron chi connectivity index (χ0n) is 9.63. The zero-order valence-corrected chi connectivity index (χ0v) is 11.3. The van der Waals surface area contributed by atoms with Crippen LogP contribution >= 0.6 is 24.8 Å². The van der Waals surface area contributed by atoms with Crippen LogP contribution in [0.4, 0.5) is 0 Å². The van der Waals surface area contributed by atoms with Crippen LogP contribution in [0, 0.1) is 0 Å². The molecule has 17 heavy (non-hydrogen) atoms. The number of carbonyl (C=O) groups excluding carboxylic acids is 1. The molecule has 1 fully saturated rings. The van der Waals surface area contributed by atoms with Crippen molar-refractivity contribution in [2.45, 2.75) is 13.0 Å². The van der Waals surface area contributed by atoms with Gasteiger partial charge in [-0.05, 0) is 19.1 Å². The van der Waals surface area contributed by atoms with Gasteiger partial charge < -0.3 is 10.2 Å². The van der Waals surface area contributed by atoms with E-state index in [1.54, 1.807) is 24.5 Å². The molecule has 96 valence electrons. The Balaban J connectivity index is 0.00000128. The van der Waals surface area contributed by atoms with Crippen LogP contribution in [0.25, 0.3) is 0 Å². The minimum absolute atomic E-state index is 0. The van der Waals surface area contributed by atoms with Gasteiger partial charge in [0, 0.05) is 43.6 Å². The van der Waals surface area contributed by atoms with Crippen molar-refractivity contribution in [1.29, 1.82) is 0 Å². The van der Waals surface area contributed by atoms with Gasteiger partial charge in [0.25, 0.3) is 5.91 Å². The molecule has 0 unspecified atom stereocenters. The van der Waals surface area contributed by atoms with Crippen LogP contribution in [0.15, 0.2) is 24.5 Å². The Morgan fingerprint density at radius 2 is 2.06 bits per heavy atom. The summed E-state index contributed by atoms with van der Waals surface area (Å²) in [5, 5.41) is 3.26. The van der Waals surface area contributed by atoms with Crippen molar-refractivity contribution in [1.82, 2.24) is 15.2 Å². The first-order valence-electron chi connectivity index (χ1n) is 5.21. The Morgan fingerprint density at radius 3 is 2.65 bits per heavy atom. The number of hydrogen-bond acceptors (Lipinski definition) is 3. The van der Waals surface area contributed by atoms with Crippen LogP contribution in [0.5, 0.6) is 0 Å². The number of halogens is 2. The van der Waals surface area contributed by atoms with E-state index in [1.807, 2.05) is 4.90 Å². The molecule has 0 radical (unpaired) electrons. The Kier molecular flexibility index (Phi) is 7.11. The number of piperazine rings is 1. The van der Waals surface area contributed by atoms with Crippen molar-refractivity contribution >= 4 is 30.7 Å². The lowest BCUT2D eigenvalue weighted by Crippen LogP contribution is -2.52. The van der Waals surface area contributed by atoms with Crippen LogP contribution in [0.2, 0.25) is 0 Å². The molecule has 0 aromatic carbocycles. The maximum atomic E-state index is 12.1. The van der Waals surface area contributed by atoms with Gasteiger partial charge in [0.1, 0.15) is 0 Å².